The van der Waals surface area contributed by atoms with Crippen molar-refractivity contribution in [3.63, 3.8) is 0 Å². The van der Waals surface area contributed by atoms with Gasteiger partial charge in [-0.3, -0.25) is 9.48 Å². The molecular weight excluding hydrogens is 268 g/mol. The van der Waals surface area contributed by atoms with Gasteiger partial charge in [0.2, 0.25) is 0 Å². The number of amides is 1. The maximum Gasteiger partial charge on any atom is 0.262 e. The summed E-state index contributed by atoms with van der Waals surface area (Å²) in [5.74, 6) is 0.592. The van der Waals surface area contributed by atoms with Gasteiger partial charge in [0, 0.05) is 36.7 Å². The SMILES string of the molecule is C[C@@H](CCn1cccn1)Nc1ccc2c(c1)OCC(=O)N2. The normalized spacial score (nSPS) is 14.8. The third-order valence-corrected chi connectivity index (χ3v) is 3.38. The van der Waals surface area contributed by atoms with Crippen molar-refractivity contribution in [3.8, 4) is 5.75 Å². The number of carbonyl (C=O) groups excluding carboxylic acids is 1. The molecule has 6 heteroatoms. The maximum absolute atomic E-state index is 11.2. The van der Waals surface area contributed by atoms with Crippen LogP contribution in [0.2, 0.25) is 0 Å². The zero-order valence-electron chi connectivity index (χ0n) is 11.9. The molecule has 2 aromatic rings. The van der Waals surface area contributed by atoms with Crippen LogP contribution in [0.1, 0.15) is 13.3 Å². The molecule has 0 fully saturated rings. The van der Waals surface area contributed by atoms with Crippen LogP contribution in [-0.4, -0.2) is 28.3 Å². The van der Waals surface area contributed by atoms with E-state index in [0.717, 1.165) is 24.3 Å². The van der Waals surface area contributed by atoms with Crippen molar-refractivity contribution in [2.45, 2.75) is 25.9 Å². The molecule has 0 saturated carbocycles. The Kier molecular flexibility index (Phi) is 3.77. The first-order chi connectivity index (χ1) is 10.2. The molecule has 2 heterocycles. The van der Waals surface area contributed by atoms with E-state index < -0.39 is 0 Å². The number of nitrogens with one attached hydrogen (secondary N) is 2. The number of aryl methyl sites for hydroxylation is 1. The van der Waals surface area contributed by atoms with Crippen LogP contribution in [0.3, 0.4) is 0 Å². The van der Waals surface area contributed by atoms with E-state index in [9.17, 15) is 4.79 Å². The van der Waals surface area contributed by atoms with Crippen LogP contribution in [0.15, 0.2) is 36.7 Å². The molecule has 1 amide bonds. The molecule has 1 atom stereocenters. The van der Waals surface area contributed by atoms with Crippen molar-refractivity contribution in [1.29, 1.82) is 0 Å². The quantitative estimate of drug-likeness (QED) is 0.883. The second-order valence-corrected chi connectivity index (χ2v) is 5.15. The molecule has 0 saturated heterocycles. The summed E-state index contributed by atoms with van der Waals surface area (Å²) in [6.07, 6.45) is 4.71. The lowest BCUT2D eigenvalue weighted by atomic mass is 10.2. The first-order valence-electron chi connectivity index (χ1n) is 7.01. The van der Waals surface area contributed by atoms with Crippen molar-refractivity contribution < 1.29 is 9.53 Å². The van der Waals surface area contributed by atoms with E-state index in [1.807, 2.05) is 35.1 Å². The van der Waals surface area contributed by atoms with E-state index in [-0.39, 0.29) is 12.5 Å². The lowest BCUT2D eigenvalue weighted by molar-refractivity contribution is -0.118. The van der Waals surface area contributed by atoms with Crippen molar-refractivity contribution in [2.75, 3.05) is 17.2 Å². The molecule has 1 aliphatic rings. The Morgan fingerprint density at radius 3 is 3.24 bits per heavy atom. The van der Waals surface area contributed by atoms with E-state index in [4.69, 9.17) is 4.74 Å². The van der Waals surface area contributed by atoms with E-state index in [0.29, 0.717) is 11.8 Å². The Morgan fingerprint density at radius 1 is 1.52 bits per heavy atom. The average molecular weight is 286 g/mol. The third kappa shape index (κ3) is 3.34. The van der Waals surface area contributed by atoms with Gasteiger partial charge in [0.25, 0.3) is 5.91 Å². The molecule has 3 rings (SSSR count). The zero-order chi connectivity index (χ0) is 14.7. The molecule has 0 radical (unpaired) electrons. The minimum absolute atomic E-state index is 0.0747. The van der Waals surface area contributed by atoms with Crippen molar-refractivity contribution in [2.24, 2.45) is 0 Å². The lowest BCUT2D eigenvalue weighted by Crippen LogP contribution is -2.25. The fourth-order valence-electron chi connectivity index (χ4n) is 2.28. The predicted molar refractivity (Wildman–Crippen MR) is 80.5 cm³/mol. The van der Waals surface area contributed by atoms with Crippen molar-refractivity contribution in [3.05, 3.63) is 36.7 Å². The molecular formula is C15H18N4O2. The summed E-state index contributed by atoms with van der Waals surface area (Å²) in [5.41, 5.74) is 1.71. The number of carbonyl (C=O) groups is 1. The standard InChI is InChI=1S/C15H18N4O2/c1-11(5-8-19-7-2-6-16-19)17-12-3-4-13-14(9-12)21-10-15(20)18-13/h2-4,6-7,9,11,17H,5,8,10H2,1H3,(H,18,20)/t11-/m0/s1. The molecule has 0 unspecified atom stereocenters. The second kappa shape index (κ2) is 5.87. The number of rotatable bonds is 5. The van der Waals surface area contributed by atoms with Gasteiger partial charge in [-0.25, -0.2) is 0 Å². The predicted octanol–water partition coefficient (Wildman–Crippen LogP) is 2.10. The minimum Gasteiger partial charge on any atom is -0.482 e. The van der Waals surface area contributed by atoms with Crippen LogP contribution < -0.4 is 15.4 Å². The summed E-state index contributed by atoms with van der Waals surface area (Å²) in [4.78, 5) is 11.2. The third-order valence-electron chi connectivity index (χ3n) is 3.38. The Balaban J connectivity index is 1.58. The van der Waals surface area contributed by atoms with Crippen molar-refractivity contribution >= 4 is 17.3 Å². The van der Waals surface area contributed by atoms with E-state index >= 15 is 0 Å². The molecule has 110 valence electrons. The first kappa shape index (κ1) is 13.5. The molecule has 1 aliphatic heterocycles. The maximum atomic E-state index is 11.2. The molecule has 0 aliphatic carbocycles. The Labute approximate surface area is 123 Å². The number of aromatic nitrogens is 2. The van der Waals surface area contributed by atoms with Crippen LogP contribution in [0.25, 0.3) is 0 Å². The fourth-order valence-corrected chi connectivity index (χ4v) is 2.28. The van der Waals surface area contributed by atoms with Gasteiger partial charge in [-0.15, -0.1) is 0 Å². The van der Waals surface area contributed by atoms with Gasteiger partial charge in [-0.2, -0.15) is 5.10 Å². The largest absolute Gasteiger partial charge is 0.482 e. The average Bonchev–Trinajstić information content (AvgIpc) is 2.99. The molecule has 0 bridgehead atoms. The molecule has 1 aromatic carbocycles. The van der Waals surface area contributed by atoms with E-state index in [2.05, 4.69) is 22.7 Å². The van der Waals surface area contributed by atoms with Gasteiger partial charge in [0.1, 0.15) is 5.75 Å². The highest BCUT2D eigenvalue weighted by Crippen LogP contribution is 2.30. The number of ether oxygens (including phenoxy) is 1. The van der Waals surface area contributed by atoms with Gasteiger partial charge in [0.15, 0.2) is 6.61 Å². The highest BCUT2D eigenvalue weighted by Gasteiger charge is 2.16. The molecule has 6 nitrogen and oxygen atoms in total. The van der Waals surface area contributed by atoms with Crippen LogP contribution in [-0.2, 0) is 11.3 Å². The summed E-state index contributed by atoms with van der Waals surface area (Å²) in [6.45, 7) is 3.08. The summed E-state index contributed by atoms with van der Waals surface area (Å²) in [7, 11) is 0. The number of nitrogens with zero attached hydrogens (tertiary/aromatic N) is 2. The Morgan fingerprint density at radius 2 is 2.43 bits per heavy atom. The molecule has 2 N–H and O–H groups in total. The topological polar surface area (TPSA) is 68.2 Å². The second-order valence-electron chi connectivity index (χ2n) is 5.15. The van der Waals surface area contributed by atoms with Crippen molar-refractivity contribution in [1.82, 2.24) is 9.78 Å². The molecule has 21 heavy (non-hydrogen) atoms. The lowest BCUT2D eigenvalue weighted by Gasteiger charge is -2.20. The highest BCUT2D eigenvalue weighted by molar-refractivity contribution is 5.95. The van der Waals surface area contributed by atoms with E-state index in [1.54, 1.807) is 6.20 Å². The summed E-state index contributed by atoms with van der Waals surface area (Å²) in [6, 6.07) is 7.95. The van der Waals surface area contributed by atoms with Gasteiger partial charge in [-0.1, -0.05) is 0 Å². The zero-order valence-corrected chi connectivity index (χ0v) is 11.9. The summed E-state index contributed by atoms with van der Waals surface area (Å²) in [5, 5.41) is 10.4. The fraction of sp³-hybridized carbons (Fsp3) is 0.333. The van der Waals surface area contributed by atoms with E-state index in [1.165, 1.54) is 0 Å². The number of benzene rings is 1. The van der Waals surface area contributed by atoms with Crippen LogP contribution in [0.5, 0.6) is 5.75 Å². The molecule has 0 spiro atoms. The highest BCUT2D eigenvalue weighted by atomic mass is 16.5. The van der Waals surface area contributed by atoms with Crippen LogP contribution in [0, 0.1) is 0 Å². The molecule has 1 aromatic heterocycles. The number of hydrogen-bond acceptors (Lipinski definition) is 4. The van der Waals surface area contributed by atoms with Gasteiger partial charge >= 0.3 is 0 Å². The number of fused-ring (bicyclic) bond motifs is 1. The van der Waals surface area contributed by atoms with Gasteiger partial charge in [-0.05, 0) is 31.5 Å². The summed E-state index contributed by atoms with van der Waals surface area (Å²) < 4.78 is 7.33. The first-order valence-corrected chi connectivity index (χ1v) is 7.01. The summed E-state index contributed by atoms with van der Waals surface area (Å²) >= 11 is 0. The van der Waals surface area contributed by atoms with Crippen LogP contribution in [0.4, 0.5) is 11.4 Å². The van der Waals surface area contributed by atoms with Gasteiger partial charge in [0.05, 0.1) is 5.69 Å². The monoisotopic (exact) mass is 286 g/mol. The minimum atomic E-state index is -0.115. The number of hydrogen-bond donors (Lipinski definition) is 2. The Hall–Kier alpha value is -2.50. The van der Waals surface area contributed by atoms with Gasteiger partial charge < -0.3 is 15.4 Å². The number of anilines is 2. The van der Waals surface area contributed by atoms with Crippen LogP contribution >= 0.6 is 0 Å². The Bertz CT molecular complexity index is 625. The smallest absolute Gasteiger partial charge is 0.262 e.